The van der Waals surface area contributed by atoms with E-state index in [2.05, 4.69) is 29.8 Å². The molecule has 0 saturated carbocycles. The number of rotatable bonds is 6. The lowest BCUT2D eigenvalue weighted by molar-refractivity contribution is -0.122. The molecular weight excluding hydrogens is 462 g/mol. The van der Waals surface area contributed by atoms with Gasteiger partial charge in [0, 0.05) is 32.5 Å². The summed E-state index contributed by atoms with van der Waals surface area (Å²) in [5.41, 5.74) is 9.47. The second-order valence-corrected chi connectivity index (χ2v) is 9.22. The minimum atomic E-state index is -0.240. The fraction of sp³-hybridized carbons (Fsp3) is 0.214. The van der Waals surface area contributed by atoms with Crippen LogP contribution in [0.2, 0.25) is 5.02 Å². The van der Waals surface area contributed by atoms with Gasteiger partial charge in [-0.15, -0.1) is 0 Å². The maximum Gasteiger partial charge on any atom is 0.226 e. The Morgan fingerprint density at radius 3 is 2.47 bits per heavy atom. The van der Waals surface area contributed by atoms with Crippen LogP contribution in [-0.2, 0) is 4.79 Å². The number of carbonyl (C=O) groups is 1. The SMILES string of the molecule is C/C=C(\C)CNC(=O)C(C)/C=C\C1=C(C)N=C(c2ccccc2Cl)c2ccccc2S1.C=CN. The van der Waals surface area contributed by atoms with Gasteiger partial charge in [0.25, 0.3) is 0 Å². The molecule has 2 aromatic rings. The Kier molecular flexibility index (Phi) is 10.9. The second kappa shape index (κ2) is 13.6. The van der Waals surface area contributed by atoms with E-state index >= 15 is 0 Å². The van der Waals surface area contributed by atoms with Crippen molar-refractivity contribution >= 4 is 35.0 Å². The molecule has 0 radical (unpaired) electrons. The van der Waals surface area contributed by atoms with E-state index < -0.39 is 0 Å². The highest BCUT2D eigenvalue weighted by molar-refractivity contribution is 8.03. The molecule has 6 heteroatoms. The van der Waals surface area contributed by atoms with Crippen LogP contribution in [0, 0.1) is 5.92 Å². The summed E-state index contributed by atoms with van der Waals surface area (Å²) >= 11 is 8.16. The number of fused-ring (bicyclic) bond motifs is 1. The first-order chi connectivity index (χ1) is 16.3. The maximum absolute atomic E-state index is 12.4. The number of benzene rings is 2. The van der Waals surface area contributed by atoms with Crippen molar-refractivity contribution in [3.8, 4) is 0 Å². The molecule has 34 heavy (non-hydrogen) atoms. The predicted molar refractivity (Wildman–Crippen MR) is 147 cm³/mol. The third kappa shape index (κ3) is 7.51. The summed E-state index contributed by atoms with van der Waals surface area (Å²) in [5.74, 6) is -0.231. The molecule has 1 unspecified atom stereocenters. The summed E-state index contributed by atoms with van der Waals surface area (Å²) in [6.45, 7) is 11.6. The highest BCUT2D eigenvalue weighted by Gasteiger charge is 2.19. The first-order valence-electron chi connectivity index (χ1n) is 11.0. The molecule has 4 nitrogen and oxygen atoms in total. The van der Waals surface area contributed by atoms with Crippen LogP contribution in [0.4, 0.5) is 0 Å². The van der Waals surface area contributed by atoms with Gasteiger partial charge in [-0.2, -0.15) is 0 Å². The fourth-order valence-electron chi connectivity index (χ4n) is 3.05. The van der Waals surface area contributed by atoms with E-state index in [4.69, 9.17) is 16.6 Å². The first-order valence-corrected chi connectivity index (χ1v) is 12.2. The van der Waals surface area contributed by atoms with Crippen molar-refractivity contribution < 1.29 is 4.79 Å². The summed E-state index contributed by atoms with van der Waals surface area (Å²) in [5, 5.41) is 3.65. The van der Waals surface area contributed by atoms with Crippen LogP contribution in [0.1, 0.15) is 38.8 Å². The van der Waals surface area contributed by atoms with Gasteiger partial charge in [0.15, 0.2) is 0 Å². The van der Waals surface area contributed by atoms with Gasteiger partial charge < -0.3 is 11.1 Å². The van der Waals surface area contributed by atoms with Crippen molar-refractivity contribution in [3.63, 3.8) is 0 Å². The number of allylic oxidation sites excluding steroid dienone is 3. The van der Waals surface area contributed by atoms with Gasteiger partial charge in [-0.3, -0.25) is 9.79 Å². The molecule has 2 aromatic carbocycles. The molecule has 1 aliphatic rings. The number of hydrogen-bond donors (Lipinski definition) is 2. The standard InChI is InChI=1S/C26H27ClN2OS.C2H5N/c1-5-17(2)16-28-26(30)18(3)14-15-23-19(4)29-25(20-10-6-8-12-22(20)27)21-11-7-9-13-24(21)31-23;1-2-3/h5-15,18H,16H2,1-4H3,(H,28,30);2H,1,3H2/b15-14-,17-5+;. The second-order valence-electron chi connectivity index (χ2n) is 7.72. The Labute approximate surface area is 212 Å². The Bertz CT molecular complexity index is 1150. The Morgan fingerprint density at radius 2 is 1.82 bits per heavy atom. The summed E-state index contributed by atoms with van der Waals surface area (Å²) in [4.78, 5) is 19.5. The molecule has 1 atom stereocenters. The number of nitrogens with two attached hydrogens (primary N) is 1. The molecule has 0 fully saturated rings. The van der Waals surface area contributed by atoms with Gasteiger partial charge in [-0.05, 0) is 45.2 Å². The van der Waals surface area contributed by atoms with E-state index in [9.17, 15) is 4.79 Å². The molecule has 0 aliphatic carbocycles. The van der Waals surface area contributed by atoms with Crippen molar-refractivity contribution in [2.45, 2.75) is 32.6 Å². The molecule has 178 valence electrons. The highest BCUT2D eigenvalue weighted by Crippen LogP contribution is 2.38. The van der Waals surface area contributed by atoms with Crippen LogP contribution in [0.25, 0.3) is 0 Å². The summed E-state index contributed by atoms with van der Waals surface area (Å²) in [6, 6.07) is 16.0. The van der Waals surface area contributed by atoms with Crippen molar-refractivity contribution in [1.82, 2.24) is 5.32 Å². The van der Waals surface area contributed by atoms with E-state index in [1.54, 1.807) is 11.8 Å². The minimum Gasteiger partial charge on any atom is -0.405 e. The lowest BCUT2D eigenvalue weighted by Gasteiger charge is -2.11. The van der Waals surface area contributed by atoms with E-state index in [-0.39, 0.29) is 11.8 Å². The third-order valence-electron chi connectivity index (χ3n) is 5.11. The van der Waals surface area contributed by atoms with Crippen LogP contribution in [0.5, 0.6) is 0 Å². The van der Waals surface area contributed by atoms with Crippen molar-refractivity contribution in [2.24, 2.45) is 16.6 Å². The van der Waals surface area contributed by atoms with Crippen molar-refractivity contribution in [2.75, 3.05) is 6.54 Å². The lowest BCUT2D eigenvalue weighted by atomic mass is 10.0. The number of thioether (sulfide) groups is 1. The Morgan fingerprint density at radius 1 is 1.21 bits per heavy atom. The van der Waals surface area contributed by atoms with Crippen LogP contribution in [0.15, 0.2) is 106 Å². The van der Waals surface area contributed by atoms with Gasteiger partial charge in [0.2, 0.25) is 5.91 Å². The topological polar surface area (TPSA) is 67.5 Å². The molecule has 0 aromatic heterocycles. The number of nitrogens with one attached hydrogen (secondary N) is 1. The zero-order chi connectivity index (χ0) is 25.1. The lowest BCUT2D eigenvalue weighted by Crippen LogP contribution is -2.29. The summed E-state index contributed by atoms with van der Waals surface area (Å²) < 4.78 is 0. The van der Waals surface area contributed by atoms with Crippen LogP contribution in [-0.4, -0.2) is 18.2 Å². The fourth-order valence-corrected chi connectivity index (χ4v) is 4.27. The zero-order valence-corrected chi connectivity index (χ0v) is 21.7. The van der Waals surface area contributed by atoms with Gasteiger partial charge in [-0.1, -0.05) is 91.0 Å². The molecular formula is C28H32ClN3OS. The number of nitrogens with zero attached hydrogens (tertiary/aromatic N) is 1. The van der Waals surface area contributed by atoms with E-state index in [1.807, 2.05) is 82.3 Å². The van der Waals surface area contributed by atoms with Crippen LogP contribution >= 0.6 is 23.4 Å². The van der Waals surface area contributed by atoms with E-state index in [0.717, 1.165) is 37.9 Å². The number of amides is 1. The summed E-state index contributed by atoms with van der Waals surface area (Å²) in [7, 11) is 0. The quantitative estimate of drug-likeness (QED) is 0.431. The molecule has 3 rings (SSSR count). The summed E-state index contributed by atoms with van der Waals surface area (Å²) in [6.07, 6.45) is 7.19. The average Bonchev–Trinajstić information content (AvgIpc) is 2.97. The van der Waals surface area contributed by atoms with Crippen LogP contribution in [0.3, 0.4) is 0 Å². The number of hydrogen-bond acceptors (Lipinski definition) is 4. The van der Waals surface area contributed by atoms with Crippen molar-refractivity contribution in [1.29, 1.82) is 0 Å². The first kappa shape index (κ1) is 27.2. The van der Waals surface area contributed by atoms with Gasteiger partial charge in [-0.25, -0.2) is 0 Å². The van der Waals surface area contributed by atoms with Gasteiger partial charge in [0.1, 0.15) is 0 Å². The Hall–Kier alpha value is -3.02. The molecule has 0 spiro atoms. The smallest absolute Gasteiger partial charge is 0.226 e. The number of aliphatic imine (C=N–C) groups is 1. The third-order valence-corrected chi connectivity index (χ3v) is 6.67. The van der Waals surface area contributed by atoms with Crippen molar-refractivity contribution in [3.05, 3.63) is 112 Å². The predicted octanol–water partition coefficient (Wildman–Crippen LogP) is 6.88. The average molecular weight is 494 g/mol. The number of halogens is 1. The normalized spacial score (nSPS) is 14.4. The molecule has 0 saturated heterocycles. The molecule has 0 bridgehead atoms. The monoisotopic (exact) mass is 493 g/mol. The van der Waals surface area contributed by atoms with Crippen LogP contribution < -0.4 is 11.1 Å². The van der Waals surface area contributed by atoms with Gasteiger partial charge >= 0.3 is 0 Å². The minimum absolute atomic E-state index is 0.00924. The Balaban J connectivity index is 0.00000129. The van der Waals surface area contributed by atoms with E-state index in [1.165, 1.54) is 6.20 Å². The molecule has 3 N–H and O–H groups in total. The van der Waals surface area contributed by atoms with Gasteiger partial charge in [0.05, 0.1) is 17.3 Å². The number of carbonyl (C=O) groups excluding carboxylic acids is 1. The molecule has 1 heterocycles. The van der Waals surface area contributed by atoms with E-state index in [0.29, 0.717) is 11.6 Å². The largest absolute Gasteiger partial charge is 0.405 e. The molecule has 1 aliphatic heterocycles. The zero-order valence-electron chi connectivity index (χ0n) is 20.1. The highest BCUT2D eigenvalue weighted by atomic mass is 35.5. The molecule has 1 amide bonds. The maximum atomic E-state index is 12.4.